The van der Waals surface area contributed by atoms with Crippen molar-refractivity contribution in [3.8, 4) is 28.6 Å². The van der Waals surface area contributed by atoms with Crippen molar-refractivity contribution >= 4 is 11.6 Å². The minimum Gasteiger partial charge on any atom is -0.497 e. The zero-order valence-electron chi connectivity index (χ0n) is 16.8. The Labute approximate surface area is 174 Å². The first-order chi connectivity index (χ1) is 14.7. The summed E-state index contributed by atoms with van der Waals surface area (Å²) in [4.78, 5) is 17.2. The van der Waals surface area contributed by atoms with E-state index in [1.54, 1.807) is 7.11 Å². The highest BCUT2D eigenvalue weighted by atomic mass is 16.5. The SMILES string of the molecule is CCc1ccc(C(=O)Nc2ccccc2-c2nc(-c3ccc(OC)cc3)no2)cc1. The summed E-state index contributed by atoms with van der Waals surface area (Å²) in [7, 11) is 1.62. The van der Waals surface area contributed by atoms with Crippen LogP contribution in [-0.4, -0.2) is 23.2 Å². The first-order valence-electron chi connectivity index (χ1n) is 9.65. The van der Waals surface area contributed by atoms with Gasteiger partial charge in [0.2, 0.25) is 5.82 Å². The topological polar surface area (TPSA) is 77.2 Å². The Morgan fingerprint density at radius 1 is 1.00 bits per heavy atom. The number of para-hydroxylation sites is 1. The molecule has 4 rings (SSSR count). The Morgan fingerprint density at radius 2 is 1.73 bits per heavy atom. The number of amides is 1. The Bertz CT molecular complexity index is 1150. The second-order valence-corrected chi connectivity index (χ2v) is 6.70. The third kappa shape index (κ3) is 4.07. The van der Waals surface area contributed by atoms with Crippen molar-refractivity contribution in [1.82, 2.24) is 10.1 Å². The maximum atomic E-state index is 12.7. The lowest BCUT2D eigenvalue weighted by Crippen LogP contribution is -2.12. The average Bonchev–Trinajstić information content (AvgIpc) is 3.29. The van der Waals surface area contributed by atoms with Gasteiger partial charge < -0.3 is 14.6 Å². The fourth-order valence-corrected chi connectivity index (χ4v) is 3.06. The lowest BCUT2D eigenvalue weighted by molar-refractivity contribution is 0.102. The van der Waals surface area contributed by atoms with Gasteiger partial charge in [-0.3, -0.25) is 4.79 Å². The third-order valence-corrected chi connectivity index (χ3v) is 4.80. The summed E-state index contributed by atoms with van der Waals surface area (Å²) >= 11 is 0. The zero-order chi connectivity index (χ0) is 20.9. The number of nitrogens with one attached hydrogen (secondary N) is 1. The average molecular weight is 399 g/mol. The molecule has 0 aliphatic carbocycles. The molecule has 4 aromatic rings. The minimum atomic E-state index is -0.194. The molecule has 0 atom stereocenters. The number of aromatic nitrogens is 2. The quantitative estimate of drug-likeness (QED) is 0.481. The summed E-state index contributed by atoms with van der Waals surface area (Å²) in [5.74, 6) is 1.35. The molecule has 1 N–H and O–H groups in total. The number of benzene rings is 3. The Morgan fingerprint density at radius 3 is 2.43 bits per heavy atom. The molecule has 30 heavy (non-hydrogen) atoms. The van der Waals surface area contributed by atoms with Crippen LogP contribution in [0.15, 0.2) is 77.3 Å². The van der Waals surface area contributed by atoms with Gasteiger partial charge in [0.15, 0.2) is 0 Å². The molecule has 1 heterocycles. The normalized spacial score (nSPS) is 10.6. The maximum absolute atomic E-state index is 12.7. The lowest BCUT2D eigenvalue weighted by atomic mass is 10.1. The van der Waals surface area contributed by atoms with Gasteiger partial charge in [0, 0.05) is 11.1 Å². The van der Waals surface area contributed by atoms with Crippen LogP contribution in [0.3, 0.4) is 0 Å². The number of carbonyl (C=O) groups excluding carboxylic acids is 1. The molecule has 0 unspecified atom stereocenters. The van der Waals surface area contributed by atoms with Crippen molar-refractivity contribution < 1.29 is 14.1 Å². The molecule has 0 spiro atoms. The van der Waals surface area contributed by atoms with E-state index >= 15 is 0 Å². The number of carbonyl (C=O) groups is 1. The zero-order valence-corrected chi connectivity index (χ0v) is 16.8. The fourth-order valence-electron chi connectivity index (χ4n) is 3.06. The van der Waals surface area contributed by atoms with Crippen LogP contribution in [0.25, 0.3) is 22.8 Å². The number of hydrogen-bond acceptors (Lipinski definition) is 5. The lowest BCUT2D eigenvalue weighted by Gasteiger charge is -2.09. The molecule has 6 heteroatoms. The first kappa shape index (κ1) is 19.4. The predicted octanol–water partition coefficient (Wildman–Crippen LogP) is 5.23. The highest BCUT2D eigenvalue weighted by Gasteiger charge is 2.16. The van der Waals surface area contributed by atoms with Crippen molar-refractivity contribution in [3.63, 3.8) is 0 Å². The number of rotatable bonds is 6. The molecule has 0 aliphatic heterocycles. The molecule has 0 bridgehead atoms. The van der Waals surface area contributed by atoms with Crippen molar-refractivity contribution in [1.29, 1.82) is 0 Å². The van der Waals surface area contributed by atoms with Crippen LogP contribution in [-0.2, 0) is 6.42 Å². The summed E-state index contributed by atoms with van der Waals surface area (Å²) in [6.07, 6.45) is 0.929. The largest absolute Gasteiger partial charge is 0.497 e. The molecule has 1 amide bonds. The van der Waals surface area contributed by atoms with Crippen LogP contribution in [0.2, 0.25) is 0 Å². The number of nitrogens with zero attached hydrogens (tertiary/aromatic N) is 2. The van der Waals surface area contributed by atoms with Gasteiger partial charge in [0.05, 0.1) is 18.4 Å². The van der Waals surface area contributed by atoms with E-state index in [2.05, 4.69) is 22.4 Å². The van der Waals surface area contributed by atoms with Crippen LogP contribution >= 0.6 is 0 Å². The van der Waals surface area contributed by atoms with Crippen molar-refractivity contribution in [2.75, 3.05) is 12.4 Å². The summed E-state index contributed by atoms with van der Waals surface area (Å²) < 4.78 is 10.7. The van der Waals surface area contributed by atoms with Crippen LogP contribution in [0.1, 0.15) is 22.8 Å². The Balaban J connectivity index is 1.58. The molecular weight excluding hydrogens is 378 g/mol. The summed E-state index contributed by atoms with van der Waals surface area (Å²) in [5, 5.41) is 7.02. The van der Waals surface area contributed by atoms with E-state index < -0.39 is 0 Å². The van der Waals surface area contributed by atoms with E-state index in [0.29, 0.717) is 28.5 Å². The van der Waals surface area contributed by atoms with Crippen LogP contribution in [0, 0.1) is 0 Å². The maximum Gasteiger partial charge on any atom is 0.260 e. The number of ether oxygens (including phenoxy) is 1. The number of anilines is 1. The molecule has 1 aromatic heterocycles. The smallest absolute Gasteiger partial charge is 0.260 e. The number of aryl methyl sites for hydroxylation is 1. The van der Waals surface area contributed by atoms with Gasteiger partial charge in [-0.1, -0.05) is 36.3 Å². The molecule has 0 radical (unpaired) electrons. The number of hydrogen-bond donors (Lipinski definition) is 1. The van der Waals surface area contributed by atoms with Crippen molar-refractivity contribution in [2.24, 2.45) is 0 Å². The van der Waals surface area contributed by atoms with Gasteiger partial charge in [0.25, 0.3) is 11.8 Å². The van der Waals surface area contributed by atoms with Crippen LogP contribution < -0.4 is 10.1 Å². The van der Waals surface area contributed by atoms with Crippen molar-refractivity contribution in [2.45, 2.75) is 13.3 Å². The van der Waals surface area contributed by atoms with Gasteiger partial charge in [-0.2, -0.15) is 4.98 Å². The third-order valence-electron chi connectivity index (χ3n) is 4.80. The second kappa shape index (κ2) is 8.61. The van der Waals surface area contributed by atoms with Gasteiger partial charge >= 0.3 is 0 Å². The van der Waals surface area contributed by atoms with Gasteiger partial charge in [-0.15, -0.1) is 0 Å². The monoisotopic (exact) mass is 399 g/mol. The van der Waals surface area contributed by atoms with Crippen molar-refractivity contribution in [3.05, 3.63) is 83.9 Å². The molecular formula is C24H21N3O3. The highest BCUT2D eigenvalue weighted by Crippen LogP contribution is 2.29. The van der Waals surface area contributed by atoms with Gasteiger partial charge in [-0.25, -0.2) is 0 Å². The molecule has 3 aromatic carbocycles. The fraction of sp³-hybridized carbons (Fsp3) is 0.125. The van der Waals surface area contributed by atoms with Gasteiger partial charge in [0.1, 0.15) is 5.75 Å². The first-order valence-corrected chi connectivity index (χ1v) is 9.65. The Kier molecular flexibility index (Phi) is 5.57. The molecule has 0 aliphatic rings. The van der Waals surface area contributed by atoms with E-state index in [1.165, 1.54) is 5.56 Å². The highest BCUT2D eigenvalue weighted by molar-refractivity contribution is 6.06. The summed E-state index contributed by atoms with van der Waals surface area (Å²) in [6, 6.07) is 22.3. The van der Waals surface area contributed by atoms with Crippen LogP contribution in [0.5, 0.6) is 5.75 Å². The minimum absolute atomic E-state index is 0.194. The summed E-state index contributed by atoms with van der Waals surface area (Å²) in [5.41, 5.74) is 3.84. The van der Waals surface area contributed by atoms with E-state index in [-0.39, 0.29) is 5.91 Å². The molecule has 0 saturated heterocycles. The van der Waals surface area contributed by atoms with E-state index in [1.807, 2.05) is 72.8 Å². The van der Waals surface area contributed by atoms with E-state index in [9.17, 15) is 4.79 Å². The number of methoxy groups -OCH3 is 1. The van der Waals surface area contributed by atoms with E-state index in [0.717, 1.165) is 17.7 Å². The molecule has 6 nitrogen and oxygen atoms in total. The standard InChI is InChI=1S/C24H21N3O3/c1-3-16-8-10-18(11-9-16)23(28)25-21-7-5-4-6-20(21)24-26-22(27-30-24)17-12-14-19(29-2)15-13-17/h4-15H,3H2,1-2H3,(H,25,28). The van der Waals surface area contributed by atoms with Crippen LogP contribution in [0.4, 0.5) is 5.69 Å². The van der Waals surface area contributed by atoms with Gasteiger partial charge in [-0.05, 0) is 60.5 Å². The molecule has 0 saturated carbocycles. The predicted molar refractivity (Wildman–Crippen MR) is 115 cm³/mol. The molecule has 0 fully saturated rings. The summed E-state index contributed by atoms with van der Waals surface area (Å²) in [6.45, 7) is 2.08. The second-order valence-electron chi connectivity index (χ2n) is 6.70. The molecule has 150 valence electrons. The Hall–Kier alpha value is -3.93. The van der Waals surface area contributed by atoms with E-state index in [4.69, 9.17) is 9.26 Å².